The van der Waals surface area contributed by atoms with Crippen LogP contribution in [0.5, 0.6) is 0 Å². The van der Waals surface area contributed by atoms with E-state index in [9.17, 15) is 4.79 Å². The van der Waals surface area contributed by atoms with E-state index in [1.807, 2.05) is 19.1 Å². The fourth-order valence-electron chi connectivity index (χ4n) is 2.96. The number of aryl methyl sites for hydroxylation is 1. The highest BCUT2D eigenvalue weighted by Crippen LogP contribution is 2.36. The molecule has 0 saturated heterocycles. The Labute approximate surface area is 121 Å². The number of hydrogen-bond acceptors (Lipinski definition) is 1. The lowest BCUT2D eigenvalue weighted by Gasteiger charge is -2.20. The van der Waals surface area contributed by atoms with Crippen molar-refractivity contribution in [2.24, 2.45) is 0 Å². The molecule has 0 N–H and O–H groups in total. The van der Waals surface area contributed by atoms with Gasteiger partial charge in [-0.3, -0.25) is 4.79 Å². The van der Waals surface area contributed by atoms with Crippen molar-refractivity contribution in [3.8, 4) is 11.1 Å². The number of rotatable bonds is 2. The van der Waals surface area contributed by atoms with Crippen LogP contribution in [-0.2, 0) is 0 Å². The third-order valence-corrected chi connectivity index (χ3v) is 4.71. The van der Waals surface area contributed by atoms with Crippen LogP contribution in [0.4, 0.5) is 0 Å². The first-order chi connectivity index (χ1) is 9.40. The molecule has 0 saturated carbocycles. The Morgan fingerprint density at radius 3 is 1.75 bits per heavy atom. The largest absolute Gasteiger partial charge is 0.298 e. The molecular formula is C19H22O. The van der Waals surface area contributed by atoms with Gasteiger partial charge in [-0.05, 0) is 86.1 Å². The van der Waals surface area contributed by atoms with Crippen LogP contribution in [0.15, 0.2) is 18.2 Å². The van der Waals surface area contributed by atoms with E-state index in [0.29, 0.717) is 0 Å². The van der Waals surface area contributed by atoms with Crippen molar-refractivity contribution in [1.82, 2.24) is 0 Å². The molecule has 104 valence electrons. The predicted molar refractivity (Wildman–Crippen MR) is 85.7 cm³/mol. The molecule has 0 heterocycles. The lowest BCUT2D eigenvalue weighted by molar-refractivity contribution is 0.112. The average molecular weight is 266 g/mol. The van der Waals surface area contributed by atoms with Gasteiger partial charge in [0.2, 0.25) is 0 Å². The molecule has 2 rings (SSSR count). The fraction of sp³-hybridized carbons (Fsp3) is 0.316. The third-order valence-electron chi connectivity index (χ3n) is 4.71. The number of carbonyl (C=O) groups excluding carboxylic acids is 1. The Morgan fingerprint density at radius 1 is 0.750 bits per heavy atom. The second-order valence-corrected chi connectivity index (χ2v) is 5.65. The second-order valence-electron chi connectivity index (χ2n) is 5.65. The van der Waals surface area contributed by atoms with Gasteiger partial charge in [-0.2, -0.15) is 0 Å². The van der Waals surface area contributed by atoms with Crippen molar-refractivity contribution in [1.29, 1.82) is 0 Å². The summed E-state index contributed by atoms with van der Waals surface area (Å²) in [6.07, 6.45) is 0.980. The monoisotopic (exact) mass is 266 g/mol. The van der Waals surface area contributed by atoms with E-state index in [0.717, 1.165) is 23.0 Å². The van der Waals surface area contributed by atoms with E-state index in [2.05, 4.69) is 40.7 Å². The molecule has 0 atom stereocenters. The van der Waals surface area contributed by atoms with Crippen LogP contribution in [0.1, 0.15) is 43.7 Å². The van der Waals surface area contributed by atoms with Crippen molar-refractivity contribution in [3.05, 3.63) is 57.1 Å². The SMILES string of the molecule is Cc1cccc(-c2c(C)c(C)c(C)c(C)c2C)c1C=O. The lowest BCUT2D eigenvalue weighted by atomic mass is 9.84. The molecule has 0 aliphatic heterocycles. The molecule has 0 fully saturated rings. The summed E-state index contributed by atoms with van der Waals surface area (Å²) in [5, 5.41) is 0. The summed E-state index contributed by atoms with van der Waals surface area (Å²) in [6, 6.07) is 6.08. The van der Waals surface area contributed by atoms with Gasteiger partial charge in [-0.1, -0.05) is 18.2 Å². The van der Waals surface area contributed by atoms with Crippen molar-refractivity contribution in [3.63, 3.8) is 0 Å². The molecule has 0 bridgehead atoms. The van der Waals surface area contributed by atoms with Crippen LogP contribution in [0, 0.1) is 41.5 Å². The smallest absolute Gasteiger partial charge is 0.150 e. The summed E-state index contributed by atoms with van der Waals surface area (Å²) < 4.78 is 0. The first kappa shape index (κ1) is 14.5. The van der Waals surface area contributed by atoms with Gasteiger partial charge in [0.05, 0.1) is 0 Å². The van der Waals surface area contributed by atoms with Crippen LogP contribution in [0.2, 0.25) is 0 Å². The minimum Gasteiger partial charge on any atom is -0.298 e. The maximum Gasteiger partial charge on any atom is 0.150 e. The van der Waals surface area contributed by atoms with E-state index in [1.54, 1.807) is 0 Å². The Hall–Kier alpha value is -1.89. The summed E-state index contributed by atoms with van der Waals surface area (Å²) in [7, 11) is 0. The van der Waals surface area contributed by atoms with Gasteiger partial charge in [0.1, 0.15) is 0 Å². The van der Waals surface area contributed by atoms with Crippen molar-refractivity contribution in [2.45, 2.75) is 41.5 Å². The fourth-order valence-corrected chi connectivity index (χ4v) is 2.96. The predicted octanol–water partition coefficient (Wildman–Crippen LogP) is 5.02. The molecule has 0 spiro atoms. The zero-order chi connectivity index (χ0) is 15.0. The van der Waals surface area contributed by atoms with E-state index in [1.165, 1.54) is 33.4 Å². The average Bonchev–Trinajstić information content (AvgIpc) is 2.43. The van der Waals surface area contributed by atoms with Crippen LogP contribution in [0.25, 0.3) is 11.1 Å². The molecular weight excluding hydrogens is 244 g/mol. The zero-order valence-electron chi connectivity index (χ0n) is 13.2. The minimum atomic E-state index is 0.807. The summed E-state index contributed by atoms with van der Waals surface area (Å²) in [5.74, 6) is 0. The normalized spacial score (nSPS) is 10.7. The number of aldehydes is 1. The molecule has 1 heteroatoms. The van der Waals surface area contributed by atoms with Crippen molar-refractivity contribution < 1.29 is 4.79 Å². The first-order valence-corrected chi connectivity index (χ1v) is 7.02. The van der Waals surface area contributed by atoms with E-state index in [-0.39, 0.29) is 0 Å². The molecule has 1 nitrogen and oxygen atoms in total. The number of carbonyl (C=O) groups is 1. The van der Waals surface area contributed by atoms with Crippen molar-refractivity contribution in [2.75, 3.05) is 0 Å². The highest BCUT2D eigenvalue weighted by Gasteiger charge is 2.16. The summed E-state index contributed by atoms with van der Waals surface area (Å²) in [4.78, 5) is 11.5. The highest BCUT2D eigenvalue weighted by molar-refractivity contribution is 5.91. The molecule has 0 radical (unpaired) electrons. The summed E-state index contributed by atoms with van der Waals surface area (Å²) in [5.41, 5.74) is 10.7. The van der Waals surface area contributed by atoms with E-state index in [4.69, 9.17) is 0 Å². The van der Waals surface area contributed by atoms with Gasteiger partial charge in [-0.15, -0.1) is 0 Å². The summed E-state index contributed by atoms with van der Waals surface area (Å²) >= 11 is 0. The molecule has 2 aromatic rings. The Morgan fingerprint density at radius 2 is 1.25 bits per heavy atom. The Bertz CT molecular complexity index is 664. The van der Waals surface area contributed by atoms with E-state index >= 15 is 0 Å². The molecule has 0 unspecified atom stereocenters. The standard InChI is InChI=1S/C19H22O/c1-11-8-7-9-17(18(11)10-20)19-15(5)13(3)12(2)14(4)16(19)6/h7-10H,1-6H3. The maximum absolute atomic E-state index is 11.5. The van der Waals surface area contributed by atoms with E-state index < -0.39 is 0 Å². The minimum absolute atomic E-state index is 0.807. The topological polar surface area (TPSA) is 17.1 Å². The van der Waals surface area contributed by atoms with Crippen LogP contribution < -0.4 is 0 Å². The summed E-state index contributed by atoms with van der Waals surface area (Å²) in [6.45, 7) is 12.8. The molecule has 0 aliphatic rings. The Kier molecular flexibility index (Phi) is 3.80. The van der Waals surface area contributed by atoms with Gasteiger partial charge >= 0.3 is 0 Å². The third kappa shape index (κ3) is 2.07. The molecule has 0 aliphatic carbocycles. The van der Waals surface area contributed by atoms with Gasteiger partial charge in [-0.25, -0.2) is 0 Å². The lowest BCUT2D eigenvalue weighted by Crippen LogP contribution is -2.02. The number of benzene rings is 2. The first-order valence-electron chi connectivity index (χ1n) is 7.02. The molecule has 0 amide bonds. The number of hydrogen-bond donors (Lipinski definition) is 0. The molecule has 0 aromatic heterocycles. The maximum atomic E-state index is 11.5. The Balaban J connectivity index is 2.91. The second kappa shape index (κ2) is 5.24. The zero-order valence-corrected chi connectivity index (χ0v) is 13.2. The highest BCUT2D eigenvalue weighted by atomic mass is 16.1. The molecule has 2 aromatic carbocycles. The van der Waals surface area contributed by atoms with Gasteiger partial charge in [0.25, 0.3) is 0 Å². The van der Waals surface area contributed by atoms with Crippen LogP contribution in [-0.4, -0.2) is 6.29 Å². The van der Waals surface area contributed by atoms with Gasteiger partial charge in [0, 0.05) is 5.56 Å². The van der Waals surface area contributed by atoms with Crippen LogP contribution >= 0.6 is 0 Å². The van der Waals surface area contributed by atoms with Crippen LogP contribution in [0.3, 0.4) is 0 Å². The van der Waals surface area contributed by atoms with Crippen molar-refractivity contribution >= 4 is 6.29 Å². The molecule has 20 heavy (non-hydrogen) atoms. The quantitative estimate of drug-likeness (QED) is 0.698. The van der Waals surface area contributed by atoms with Gasteiger partial charge < -0.3 is 0 Å². The van der Waals surface area contributed by atoms with Gasteiger partial charge in [0.15, 0.2) is 6.29 Å².